The second kappa shape index (κ2) is 7.11. The van der Waals surface area contributed by atoms with Crippen molar-refractivity contribution in [2.45, 2.75) is 51.0 Å². The van der Waals surface area contributed by atoms with Gasteiger partial charge >= 0.3 is 12.0 Å². The van der Waals surface area contributed by atoms with Crippen LogP contribution < -0.4 is 10.6 Å². The Labute approximate surface area is 126 Å². The molecule has 21 heavy (non-hydrogen) atoms. The summed E-state index contributed by atoms with van der Waals surface area (Å²) in [7, 11) is 0. The van der Waals surface area contributed by atoms with Crippen LogP contribution in [0.5, 0.6) is 0 Å². The van der Waals surface area contributed by atoms with Crippen LogP contribution >= 0.6 is 0 Å². The van der Waals surface area contributed by atoms with Crippen molar-refractivity contribution < 1.29 is 14.7 Å². The van der Waals surface area contributed by atoms with E-state index in [1.54, 1.807) is 0 Å². The minimum absolute atomic E-state index is 0.0176. The number of aliphatic carboxylic acids is 1. The number of amides is 2. The van der Waals surface area contributed by atoms with Crippen molar-refractivity contribution in [3.63, 3.8) is 0 Å². The van der Waals surface area contributed by atoms with Crippen molar-refractivity contribution in [3.8, 4) is 0 Å². The molecule has 6 heteroatoms. The van der Waals surface area contributed by atoms with Crippen LogP contribution in [-0.4, -0.2) is 53.7 Å². The fourth-order valence-corrected chi connectivity index (χ4v) is 3.26. The maximum atomic E-state index is 11.9. The first kappa shape index (κ1) is 16.1. The Kier molecular flexibility index (Phi) is 5.45. The van der Waals surface area contributed by atoms with Gasteiger partial charge in [0.15, 0.2) is 0 Å². The summed E-state index contributed by atoms with van der Waals surface area (Å²) in [6, 6.07) is -0.232. The fourth-order valence-electron chi connectivity index (χ4n) is 3.26. The van der Waals surface area contributed by atoms with E-state index in [1.165, 1.54) is 12.8 Å². The number of hydrogen-bond donors (Lipinski definition) is 3. The Bertz CT molecular complexity index is 376. The third-order valence-electron chi connectivity index (χ3n) is 4.56. The molecule has 2 rings (SSSR count). The Morgan fingerprint density at radius 1 is 1.24 bits per heavy atom. The van der Waals surface area contributed by atoms with Gasteiger partial charge in [-0.1, -0.05) is 6.92 Å². The van der Waals surface area contributed by atoms with Crippen LogP contribution in [0.4, 0.5) is 4.79 Å². The highest BCUT2D eigenvalue weighted by Crippen LogP contribution is 2.34. The second-order valence-corrected chi connectivity index (χ2v) is 6.65. The number of urea groups is 1. The third kappa shape index (κ3) is 4.88. The molecule has 1 atom stereocenters. The van der Waals surface area contributed by atoms with Gasteiger partial charge in [0.1, 0.15) is 0 Å². The van der Waals surface area contributed by atoms with Crippen molar-refractivity contribution in [1.29, 1.82) is 0 Å². The largest absolute Gasteiger partial charge is 0.481 e. The molecule has 0 radical (unpaired) electrons. The third-order valence-corrected chi connectivity index (χ3v) is 4.56. The molecule has 1 saturated carbocycles. The van der Waals surface area contributed by atoms with Crippen LogP contribution in [0, 0.1) is 5.92 Å². The number of carboxylic acid groups (broad SMARTS) is 1. The molecule has 3 N–H and O–H groups in total. The lowest BCUT2D eigenvalue weighted by atomic mass is 9.74. The minimum Gasteiger partial charge on any atom is -0.481 e. The molecule has 1 aliphatic heterocycles. The number of nitrogens with zero attached hydrogens (tertiary/aromatic N) is 1. The molecule has 1 aliphatic carbocycles. The summed E-state index contributed by atoms with van der Waals surface area (Å²) in [6.45, 7) is 6.11. The van der Waals surface area contributed by atoms with E-state index in [2.05, 4.69) is 22.5 Å². The molecule has 0 aromatic heterocycles. The van der Waals surface area contributed by atoms with Crippen molar-refractivity contribution in [3.05, 3.63) is 0 Å². The highest BCUT2D eigenvalue weighted by Gasteiger charge is 2.40. The van der Waals surface area contributed by atoms with Crippen LogP contribution in [0.15, 0.2) is 0 Å². The number of carbonyl (C=O) groups excluding carboxylic acids is 1. The van der Waals surface area contributed by atoms with Crippen molar-refractivity contribution in [2.75, 3.05) is 26.2 Å². The maximum absolute atomic E-state index is 11.9. The summed E-state index contributed by atoms with van der Waals surface area (Å²) in [5, 5.41) is 14.7. The molecule has 1 heterocycles. The highest BCUT2D eigenvalue weighted by molar-refractivity contribution is 5.77. The summed E-state index contributed by atoms with van der Waals surface area (Å²) in [4.78, 5) is 25.2. The van der Waals surface area contributed by atoms with Crippen molar-refractivity contribution in [2.24, 2.45) is 5.92 Å². The molecule has 6 nitrogen and oxygen atoms in total. The summed E-state index contributed by atoms with van der Waals surface area (Å²) < 4.78 is 0. The van der Waals surface area contributed by atoms with Gasteiger partial charge in [0.25, 0.3) is 0 Å². The highest BCUT2D eigenvalue weighted by atomic mass is 16.4. The van der Waals surface area contributed by atoms with E-state index >= 15 is 0 Å². The van der Waals surface area contributed by atoms with Gasteiger partial charge in [0, 0.05) is 13.1 Å². The normalized spacial score (nSPS) is 22.3. The summed E-state index contributed by atoms with van der Waals surface area (Å²) >= 11 is 0. The minimum atomic E-state index is -0.850. The smallest absolute Gasteiger partial charge is 0.315 e. The average Bonchev–Trinajstić information content (AvgIpc) is 2.86. The zero-order chi connectivity index (χ0) is 15.3. The molecule has 0 spiro atoms. The van der Waals surface area contributed by atoms with Crippen LogP contribution in [0.1, 0.15) is 45.4 Å². The van der Waals surface area contributed by atoms with E-state index in [9.17, 15) is 9.59 Å². The summed E-state index contributed by atoms with van der Waals surface area (Å²) in [5.41, 5.74) is -0.520. The van der Waals surface area contributed by atoms with Crippen LogP contribution in [0.25, 0.3) is 0 Å². The standard InChI is InChI=1S/C15H27N3O3/c1-12(11-18-7-2-3-8-18)10-16-14(21)17-15(5-4-6-15)9-13(19)20/h12H,2-11H2,1H3,(H,19,20)(H2,16,17,21). The van der Waals surface area contributed by atoms with E-state index < -0.39 is 11.5 Å². The average molecular weight is 297 g/mol. The first-order valence-corrected chi connectivity index (χ1v) is 7.99. The number of hydrogen-bond acceptors (Lipinski definition) is 3. The molecule has 0 bridgehead atoms. The van der Waals surface area contributed by atoms with E-state index in [1.807, 2.05) is 0 Å². The topological polar surface area (TPSA) is 81.7 Å². The zero-order valence-corrected chi connectivity index (χ0v) is 12.9. The molecule has 120 valence electrons. The maximum Gasteiger partial charge on any atom is 0.315 e. The summed E-state index contributed by atoms with van der Waals surface area (Å²) in [6.07, 6.45) is 5.07. The molecule has 2 aliphatic rings. The van der Waals surface area contributed by atoms with Gasteiger partial charge in [-0.05, 0) is 51.1 Å². The molecule has 2 fully saturated rings. The van der Waals surface area contributed by atoms with Crippen LogP contribution in [0.2, 0.25) is 0 Å². The predicted octanol–water partition coefficient (Wildman–Crippen LogP) is 1.41. The molecule has 0 aromatic carbocycles. The van der Waals surface area contributed by atoms with Gasteiger partial charge < -0.3 is 20.6 Å². The Hall–Kier alpha value is -1.30. The number of carbonyl (C=O) groups is 2. The van der Waals surface area contributed by atoms with Crippen molar-refractivity contribution >= 4 is 12.0 Å². The SMILES string of the molecule is CC(CNC(=O)NC1(CC(=O)O)CCC1)CN1CCCC1. The summed E-state index contributed by atoms with van der Waals surface area (Å²) in [5.74, 6) is -0.442. The second-order valence-electron chi connectivity index (χ2n) is 6.65. The first-order valence-electron chi connectivity index (χ1n) is 7.99. The number of likely N-dealkylation sites (tertiary alicyclic amines) is 1. The molecule has 1 unspecified atom stereocenters. The number of carboxylic acids is 1. The predicted molar refractivity (Wildman–Crippen MR) is 80.2 cm³/mol. The Balaban J connectivity index is 1.67. The zero-order valence-electron chi connectivity index (χ0n) is 12.9. The first-order chi connectivity index (χ1) is 9.99. The molecular formula is C15H27N3O3. The lowest BCUT2D eigenvalue weighted by Crippen LogP contribution is -2.57. The van der Waals surface area contributed by atoms with Crippen molar-refractivity contribution in [1.82, 2.24) is 15.5 Å². The monoisotopic (exact) mass is 297 g/mol. The van der Waals surface area contributed by atoms with Gasteiger partial charge in [-0.3, -0.25) is 4.79 Å². The lowest BCUT2D eigenvalue weighted by Gasteiger charge is -2.41. The van der Waals surface area contributed by atoms with Gasteiger partial charge in [0.2, 0.25) is 0 Å². The van der Waals surface area contributed by atoms with Crippen LogP contribution in [-0.2, 0) is 4.79 Å². The quantitative estimate of drug-likeness (QED) is 0.664. The van der Waals surface area contributed by atoms with Gasteiger partial charge in [-0.15, -0.1) is 0 Å². The van der Waals surface area contributed by atoms with E-state index in [0.29, 0.717) is 12.5 Å². The molecule has 2 amide bonds. The van der Waals surface area contributed by atoms with Gasteiger partial charge in [0.05, 0.1) is 12.0 Å². The van der Waals surface area contributed by atoms with E-state index in [-0.39, 0.29) is 12.5 Å². The molecule has 0 aromatic rings. The van der Waals surface area contributed by atoms with Crippen LogP contribution in [0.3, 0.4) is 0 Å². The van der Waals surface area contributed by atoms with Gasteiger partial charge in [-0.25, -0.2) is 4.79 Å². The Morgan fingerprint density at radius 2 is 1.90 bits per heavy atom. The van der Waals surface area contributed by atoms with E-state index in [0.717, 1.165) is 38.9 Å². The molecular weight excluding hydrogens is 270 g/mol. The number of rotatable bonds is 7. The van der Waals surface area contributed by atoms with Gasteiger partial charge in [-0.2, -0.15) is 0 Å². The van der Waals surface area contributed by atoms with E-state index in [4.69, 9.17) is 5.11 Å². The lowest BCUT2D eigenvalue weighted by molar-refractivity contribution is -0.139. The number of nitrogens with one attached hydrogen (secondary N) is 2. The Morgan fingerprint density at radius 3 is 2.43 bits per heavy atom. The molecule has 1 saturated heterocycles. The fraction of sp³-hybridized carbons (Fsp3) is 0.867.